The molecule has 1 N–H and O–H groups in total. The van der Waals surface area contributed by atoms with Crippen molar-refractivity contribution in [3.63, 3.8) is 0 Å². The number of amides is 2. The van der Waals surface area contributed by atoms with Gasteiger partial charge in [-0.1, -0.05) is 17.7 Å². The molecule has 0 spiro atoms. The Hall–Kier alpha value is -2.73. The summed E-state index contributed by atoms with van der Waals surface area (Å²) in [4.78, 5) is 26.5. The van der Waals surface area contributed by atoms with Crippen LogP contribution in [0.25, 0.3) is 0 Å². The van der Waals surface area contributed by atoms with Crippen molar-refractivity contribution >= 4 is 23.4 Å². The van der Waals surface area contributed by atoms with Crippen LogP contribution in [-0.2, 0) is 4.79 Å². The van der Waals surface area contributed by atoms with Crippen molar-refractivity contribution in [2.45, 2.75) is 18.9 Å². The lowest BCUT2D eigenvalue weighted by Gasteiger charge is -2.32. The maximum Gasteiger partial charge on any atom is 0.258 e. The number of rotatable bonds is 6. The topological polar surface area (TPSA) is 67.9 Å². The molecule has 0 aromatic heterocycles. The van der Waals surface area contributed by atoms with Crippen LogP contribution in [-0.4, -0.2) is 49.6 Å². The fourth-order valence-electron chi connectivity index (χ4n) is 3.11. The van der Waals surface area contributed by atoms with Crippen molar-refractivity contribution in [3.8, 4) is 11.5 Å². The van der Waals surface area contributed by atoms with Gasteiger partial charge in [0.25, 0.3) is 11.8 Å². The van der Waals surface area contributed by atoms with Crippen LogP contribution in [0.3, 0.4) is 0 Å². The van der Waals surface area contributed by atoms with Crippen molar-refractivity contribution in [3.05, 3.63) is 59.1 Å². The molecule has 7 heteroatoms. The van der Waals surface area contributed by atoms with Gasteiger partial charge >= 0.3 is 0 Å². The molecule has 2 aromatic rings. The minimum absolute atomic E-state index is 0.0188. The van der Waals surface area contributed by atoms with E-state index in [9.17, 15) is 9.59 Å². The highest BCUT2D eigenvalue weighted by molar-refractivity contribution is 6.30. The molecule has 6 nitrogen and oxygen atoms in total. The molecule has 0 radical (unpaired) electrons. The maximum absolute atomic E-state index is 12.6. The highest BCUT2D eigenvalue weighted by Crippen LogP contribution is 2.18. The van der Waals surface area contributed by atoms with Gasteiger partial charge < -0.3 is 19.7 Å². The summed E-state index contributed by atoms with van der Waals surface area (Å²) in [5.41, 5.74) is 0.609. The molecule has 1 aliphatic heterocycles. The molecule has 2 amide bonds. The van der Waals surface area contributed by atoms with Crippen molar-refractivity contribution in [2.24, 2.45) is 0 Å². The standard InChI is InChI=1S/C21H23ClN2O4/c1-27-19-4-2-3-15(13-19)21(26)24-11-9-17(10-12-24)23-20(25)14-28-18-7-5-16(22)6-8-18/h2-8,13,17H,9-12,14H2,1H3,(H,23,25). The van der Waals surface area contributed by atoms with Crippen molar-refractivity contribution < 1.29 is 19.1 Å². The Morgan fingerprint density at radius 2 is 1.82 bits per heavy atom. The predicted molar refractivity (Wildman–Crippen MR) is 107 cm³/mol. The van der Waals surface area contributed by atoms with Crippen LogP contribution in [0.1, 0.15) is 23.2 Å². The molecular weight excluding hydrogens is 380 g/mol. The highest BCUT2D eigenvalue weighted by Gasteiger charge is 2.24. The molecular formula is C21H23ClN2O4. The third-order valence-electron chi connectivity index (χ3n) is 4.65. The minimum atomic E-state index is -0.174. The van der Waals surface area contributed by atoms with Crippen LogP contribution in [0.5, 0.6) is 11.5 Å². The van der Waals surface area contributed by atoms with Gasteiger partial charge in [-0.2, -0.15) is 0 Å². The zero-order valence-corrected chi connectivity index (χ0v) is 16.4. The Morgan fingerprint density at radius 3 is 2.50 bits per heavy atom. The summed E-state index contributed by atoms with van der Waals surface area (Å²) >= 11 is 5.82. The molecule has 1 aliphatic rings. The second kappa shape index (κ2) is 9.46. The predicted octanol–water partition coefficient (Wildman–Crippen LogP) is 3.15. The third-order valence-corrected chi connectivity index (χ3v) is 4.90. The monoisotopic (exact) mass is 402 g/mol. The average molecular weight is 403 g/mol. The van der Waals surface area contributed by atoms with Crippen LogP contribution < -0.4 is 14.8 Å². The lowest BCUT2D eigenvalue weighted by molar-refractivity contribution is -0.124. The number of halogens is 1. The molecule has 0 unspecified atom stereocenters. The number of carbonyl (C=O) groups excluding carboxylic acids is 2. The maximum atomic E-state index is 12.6. The summed E-state index contributed by atoms with van der Waals surface area (Å²) in [7, 11) is 1.58. The van der Waals surface area contributed by atoms with E-state index >= 15 is 0 Å². The highest BCUT2D eigenvalue weighted by atomic mass is 35.5. The molecule has 0 saturated carbocycles. The van der Waals surface area contributed by atoms with E-state index in [0.717, 1.165) is 0 Å². The van der Waals surface area contributed by atoms with Crippen molar-refractivity contribution in [1.29, 1.82) is 0 Å². The normalized spacial score (nSPS) is 14.4. The van der Waals surface area contributed by atoms with E-state index in [-0.39, 0.29) is 24.5 Å². The first kappa shape index (κ1) is 20.0. The van der Waals surface area contributed by atoms with E-state index in [1.54, 1.807) is 49.6 Å². The van der Waals surface area contributed by atoms with Gasteiger partial charge in [0.2, 0.25) is 0 Å². The van der Waals surface area contributed by atoms with Gasteiger partial charge in [-0.15, -0.1) is 0 Å². The van der Waals surface area contributed by atoms with Crippen LogP contribution in [0, 0.1) is 0 Å². The molecule has 28 heavy (non-hydrogen) atoms. The Labute approximate surface area is 169 Å². The number of methoxy groups -OCH3 is 1. The van der Waals surface area contributed by atoms with E-state index in [1.807, 2.05) is 11.0 Å². The Bertz CT molecular complexity index is 817. The second-order valence-electron chi connectivity index (χ2n) is 6.61. The Kier molecular flexibility index (Phi) is 6.76. The minimum Gasteiger partial charge on any atom is -0.497 e. The number of hydrogen-bond acceptors (Lipinski definition) is 4. The summed E-state index contributed by atoms with van der Waals surface area (Å²) in [5, 5.41) is 3.59. The molecule has 0 atom stereocenters. The number of benzene rings is 2. The number of ether oxygens (including phenoxy) is 2. The van der Waals surface area contributed by atoms with Crippen molar-refractivity contribution in [1.82, 2.24) is 10.2 Å². The fourth-order valence-corrected chi connectivity index (χ4v) is 3.24. The summed E-state index contributed by atoms with van der Waals surface area (Å²) in [6.45, 7) is 1.14. The van der Waals surface area contributed by atoms with E-state index < -0.39 is 0 Å². The lowest BCUT2D eigenvalue weighted by atomic mass is 10.0. The summed E-state index contributed by atoms with van der Waals surface area (Å²) in [6, 6.07) is 14.0. The van der Waals surface area contributed by atoms with Crippen LogP contribution >= 0.6 is 11.6 Å². The summed E-state index contributed by atoms with van der Waals surface area (Å²) in [5.74, 6) is 1.06. The zero-order chi connectivity index (χ0) is 19.9. The van der Waals surface area contributed by atoms with Gasteiger partial charge in [-0.3, -0.25) is 9.59 Å². The van der Waals surface area contributed by atoms with Gasteiger partial charge in [-0.05, 0) is 55.3 Å². The van der Waals surface area contributed by atoms with E-state index in [2.05, 4.69) is 5.32 Å². The molecule has 2 aromatic carbocycles. The largest absolute Gasteiger partial charge is 0.497 e. The first-order valence-corrected chi connectivity index (χ1v) is 9.54. The second-order valence-corrected chi connectivity index (χ2v) is 7.04. The van der Waals surface area contributed by atoms with Crippen LogP contribution in [0.4, 0.5) is 0 Å². The van der Waals surface area contributed by atoms with E-state index in [4.69, 9.17) is 21.1 Å². The Balaban J connectivity index is 1.43. The van der Waals surface area contributed by atoms with Gasteiger partial charge in [0.15, 0.2) is 6.61 Å². The quantitative estimate of drug-likeness (QED) is 0.806. The molecule has 1 heterocycles. The first-order chi connectivity index (χ1) is 13.5. The molecule has 3 rings (SSSR count). The zero-order valence-electron chi connectivity index (χ0n) is 15.7. The molecule has 0 bridgehead atoms. The van der Waals surface area contributed by atoms with Crippen LogP contribution in [0.2, 0.25) is 5.02 Å². The molecule has 1 fully saturated rings. The van der Waals surface area contributed by atoms with E-state index in [1.165, 1.54) is 0 Å². The van der Waals surface area contributed by atoms with Gasteiger partial charge in [-0.25, -0.2) is 0 Å². The number of nitrogens with one attached hydrogen (secondary N) is 1. The lowest BCUT2D eigenvalue weighted by Crippen LogP contribution is -2.47. The summed E-state index contributed by atoms with van der Waals surface area (Å²) < 4.78 is 10.6. The molecule has 0 aliphatic carbocycles. The number of hydrogen-bond donors (Lipinski definition) is 1. The average Bonchev–Trinajstić information content (AvgIpc) is 2.73. The number of likely N-dealkylation sites (tertiary alicyclic amines) is 1. The third kappa shape index (κ3) is 5.39. The SMILES string of the molecule is COc1cccc(C(=O)N2CCC(NC(=O)COc3ccc(Cl)cc3)CC2)c1. The molecule has 1 saturated heterocycles. The number of carbonyl (C=O) groups is 2. The van der Waals surface area contributed by atoms with Crippen molar-refractivity contribution in [2.75, 3.05) is 26.8 Å². The summed E-state index contributed by atoms with van der Waals surface area (Å²) in [6.07, 6.45) is 1.42. The number of piperidine rings is 1. The van der Waals surface area contributed by atoms with Gasteiger partial charge in [0.1, 0.15) is 11.5 Å². The first-order valence-electron chi connectivity index (χ1n) is 9.16. The van der Waals surface area contributed by atoms with Gasteiger partial charge in [0.05, 0.1) is 7.11 Å². The number of nitrogens with zero attached hydrogens (tertiary/aromatic N) is 1. The van der Waals surface area contributed by atoms with Gasteiger partial charge in [0, 0.05) is 29.7 Å². The Morgan fingerprint density at radius 1 is 1.11 bits per heavy atom. The smallest absolute Gasteiger partial charge is 0.258 e. The fraction of sp³-hybridized carbons (Fsp3) is 0.333. The van der Waals surface area contributed by atoms with Crippen LogP contribution in [0.15, 0.2) is 48.5 Å². The van der Waals surface area contributed by atoms with E-state index in [0.29, 0.717) is 48.0 Å². The molecule has 148 valence electrons.